The van der Waals surface area contributed by atoms with Crippen LogP contribution in [0.15, 0.2) is 78.8 Å². The molecule has 2 amide bonds. The van der Waals surface area contributed by atoms with Gasteiger partial charge in [0.25, 0.3) is 0 Å². The standard InChI is InChI=1S/C41H55N9O3/c1-27-13-10-11-22-49(27)40-47-46-38-21-18-31(26-50(38)40)53-35-20-19-34(32-16-8-9-17-33(32)35)44-39(51)45-37(24-36(42)41(3,4)5)43-29-14-12-15-30(23-29)52-28(2)25-48(6)7/h8-9,12,14-18,21,23-24,26-28,34-35,42-43H,10-11,13,19-20,22,25H2,1-7H3,(H2,44,45,51)/b37-24+,42-36?/t27-,28+,34-,35+/m0/s1. The highest BCUT2D eigenvalue weighted by Gasteiger charge is 2.30. The third-order valence-corrected chi connectivity index (χ3v) is 9.85. The molecule has 4 N–H and O–H groups in total. The van der Waals surface area contributed by atoms with E-state index >= 15 is 0 Å². The van der Waals surface area contributed by atoms with Gasteiger partial charge in [-0.2, -0.15) is 0 Å². The lowest BCUT2D eigenvalue weighted by atomic mass is 9.85. The molecule has 1 aliphatic carbocycles. The van der Waals surface area contributed by atoms with E-state index in [2.05, 4.69) is 55.0 Å². The molecule has 2 aromatic heterocycles. The normalized spacial score (nSPS) is 19.7. The number of fused-ring (bicyclic) bond motifs is 2. The van der Waals surface area contributed by atoms with Gasteiger partial charge in [-0.1, -0.05) is 51.1 Å². The Morgan fingerprint density at radius 3 is 2.57 bits per heavy atom. The van der Waals surface area contributed by atoms with E-state index in [-0.39, 0.29) is 24.3 Å². The van der Waals surface area contributed by atoms with E-state index in [0.717, 1.165) is 60.1 Å². The largest absolute Gasteiger partial charge is 0.489 e. The van der Waals surface area contributed by atoms with Crippen molar-refractivity contribution >= 4 is 29.0 Å². The summed E-state index contributed by atoms with van der Waals surface area (Å²) in [6.07, 6.45) is 8.41. The molecule has 0 bridgehead atoms. The zero-order chi connectivity index (χ0) is 37.7. The maximum Gasteiger partial charge on any atom is 0.320 e. The highest BCUT2D eigenvalue weighted by Crippen LogP contribution is 2.39. The van der Waals surface area contributed by atoms with Crippen molar-refractivity contribution in [3.8, 4) is 11.5 Å². The van der Waals surface area contributed by atoms with E-state index in [1.165, 1.54) is 6.42 Å². The number of hydrogen-bond acceptors (Lipinski definition) is 9. The Morgan fingerprint density at radius 2 is 1.81 bits per heavy atom. The summed E-state index contributed by atoms with van der Waals surface area (Å²) in [6.45, 7) is 11.9. The van der Waals surface area contributed by atoms with Gasteiger partial charge in [0, 0.05) is 48.1 Å². The van der Waals surface area contributed by atoms with Gasteiger partial charge in [0.05, 0.1) is 12.2 Å². The van der Waals surface area contributed by atoms with E-state index < -0.39 is 5.41 Å². The molecule has 282 valence electrons. The number of urea groups is 1. The zero-order valence-electron chi connectivity index (χ0n) is 32.1. The third kappa shape index (κ3) is 9.47. The van der Waals surface area contributed by atoms with Crippen LogP contribution >= 0.6 is 0 Å². The number of pyridine rings is 1. The van der Waals surface area contributed by atoms with Gasteiger partial charge >= 0.3 is 6.03 Å². The van der Waals surface area contributed by atoms with Crippen LogP contribution in [-0.4, -0.2) is 70.6 Å². The highest BCUT2D eigenvalue weighted by molar-refractivity contribution is 5.97. The first-order valence-corrected chi connectivity index (χ1v) is 18.8. The summed E-state index contributed by atoms with van der Waals surface area (Å²) in [5.74, 6) is 2.71. The van der Waals surface area contributed by atoms with E-state index in [4.69, 9.17) is 14.9 Å². The molecule has 0 saturated carbocycles. The molecule has 6 rings (SSSR count). The van der Waals surface area contributed by atoms with Gasteiger partial charge in [-0.25, -0.2) is 4.79 Å². The van der Waals surface area contributed by atoms with Gasteiger partial charge in [0.2, 0.25) is 5.95 Å². The number of hydrogen-bond donors (Lipinski definition) is 4. The van der Waals surface area contributed by atoms with Crippen molar-refractivity contribution in [3.05, 3.63) is 89.9 Å². The Kier molecular flexibility index (Phi) is 11.6. The predicted octanol–water partition coefficient (Wildman–Crippen LogP) is 7.71. The summed E-state index contributed by atoms with van der Waals surface area (Å²) in [5.41, 5.74) is 3.55. The van der Waals surface area contributed by atoms with Crippen LogP contribution in [0.5, 0.6) is 11.5 Å². The number of carbonyl (C=O) groups is 1. The molecule has 1 fully saturated rings. The SMILES string of the molecule is C[C@H](CN(C)C)Oc1cccc(N/C(=C\C(=N)C(C)(C)C)NC(=O)N[C@H]2CC[C@@H](Oc3ccc4nnc(N5CCCC[C@@H]5C)n4c3)c3ccccc32)c1. The quantitative estimate of drug-likeness (QED) is 0.109. The van der Waals surface area contributed by atoms with Crippen LogP contribution in [0.3, 0.4) is 0 Å². The van der Waals surface area contributed by atoms with Gasteiger partial charge < -0.3 is 35.3 Å². The minimum Gasteiger partial charge on any atom is -0.489 e. The fourth-order valence-corrected chi connectivity index (χ4v) is 7.07. The molecule has 1 aliphatic heterocycles. The number of rotatable bonds is 12. The number of likely N-dealkylation sites (N-methyl/N-ethyl adjacent to an activating group) is 1. The Hall–Kier alpha value is -5.10. The molecular weight excluding hydrogens is 667 g/mol. The maximum absolute atomic E-state index is 13.7. The molecule has 4 aromatic rings. The summed E-state index contributed by atoms with van der Waals surface area (Å²) in [4.78, 5) is 18.1. The molecule has 12 heteroatoms. The monoisotopic (exact) mass is 721 g/mol. The summed E-state index contributed by atoms with van der Waals surface area (Å²) >= 11 is 0. The molecule has 53 heavy (non-hydrogen) atoms. The van der Waals surface area contributed by atoms with Crippen LogP contribution < -0.4 is 30.3 Å². The number of carbonyl (C=O) groups excluding carboxylic acids is 1. The Bertz CT molecular complexity index is 1930. The van der Waals surface area contributed by atoms with Crippen molar-refractivity contribution in [2.75, 3.05) is 37.4 Å². The maximum atomic E-state index is 13.7. The third-order valence-electron chi connectivity index (χ3n) is 9.85. The molecule has 2 aliphatic rings. The van der Waals surface area contributed by atoms with E-state index in [0.29, 0.717) is 36.2 Å². The smallest absolute Gasteiger partial charge is 0.320 e. The van der Waals surface area contributed by atoms with Crippen molar-refractivity contribution in [2.45, 2.75) is 91.0 Å². The Labute approximate surface area is 313 Å². The summed E-state index contributed by atoms with van der Waals surface area (Å²) in [6, 6.07) is 19.5. The minimum atomic E-state index is -0.415. The van der Waals surface area contributed by atoms with Gasteiger partial charge in [-0.05, 0) is 95.4 Å². The molecule has 0 unspecified atom stereocenters. The predicted molar refractivity (Wildman–Crippen MR) is 211 cm³/mol. The van der Waals surface area contributed by atoms with Crippen LogP contribution in [0.4, 0.5) is 16.4 Å². The van der Waals surface area contributed by atoms with Crippen LogP contribution in [0.2, 0.25) is 0 Å². The molecule has 0 radical (unpaired) electrons. The fraction of sp³-hybridized carbons (Fsp3) is 0.463. The van der Waals surface area contributed by atoms with Crippen molar-refractivity contribution in [1.29, 1.82) is 5.41 Å². The first-order chi connectivity index (χ1) is 25.3. The van der Waals surface area contributed by atoms with Gasteiger partial charge in [-0.15, -0.1) is 10.2 Å². The number of nitrogens with one attached hydrogen (secondary N) is 4. The Balaban J connectivity index is 1.16. The first kappa shape index (κ1) is 37.7. The van der Waals surface area contributed by atoms with Crippen LogP contribution in [0.25, 0.3) is 5.65 Å². The number of amides is 2. The zero-order valence-corrected chi connectivity index (χ0v) is 32.1. The summed E-state index contributed by atoms with van der Waals surface area (Å²) in [5, 5.41) is 27.2. The van der Waals surface area contributed by atoms with Crippen molar-refractivity contribution in [1.82, 2.24) is 30.1 Å². The topological polar surface area (TPSA) is 132 Å². The second-order valence-electron chi connectivity index (χ2n) is 15.7. The average molecular weight is 722 g/mol. The number of aromatic nitrogens is 3. The fourth-order valence-electron chi connectivity index (χ4n) is 7.07. The minimum absolute atomic E-state index is 0.00415. The number of ether oxygens (including phenoxy) is 2. The van der Waals surface area contributed by atoms with Crippen molar-refractivity contribution in [2.24, 2.45) is 5.41 Å². The Morgan fingerprint density at radius 1 is 1.02 bits per heavy atom. The van der Waals surface area contributed by atoms with E-state index in [1.807, 2.05) is 101 Å². The summed E-state index contributed by atoms with van der Waals surface area (Å²) < 4.78 is 14.8. The molecule has 12 nitrogen and oxygen atoms in total. The molecule has 4 atom stereocenters. The highest BCUT2D eigenvalue weighted by atomic mass is 16.5. The van der Waals surface area contributed by atoms with Crippen LogP contribution in [-0.2, 0) is 0 Å². The molecular formula is C41H55N9O3. The molecule has 2 aromatic carbocycles. The van der Waals surface area contributed by atoms with Gasteiger partial charge in [0.15, 0.2) is 5.65 Å². The molecule has 0 spiro atoms. The number of benzene rings is 2. The second kappa shape index (κ2) is 16.3. The number of allylic oxidation sites excluding steroid dienone is 1. The van der Waals surface area contributed by atoms with E-state index in [1.54, 1.807) is 6.08 Å². The number of nitrogens with zero attached hydrogens (tertiary/aromatic N) is 5. The first-order valence-electron chi connectivity index (χ1n) is 18.8. The molecule has 1 saturated heterocycles. The van der Waals surface area contributed by atoms with Gasteiger partial charge in [0.1, 0.15) is 29.5 Å². The average Bonchev–Trinajstić information content (AvgIpc) is 3.52. The van der Waals surface area contributed by atoms with Gasteiger partial charge in [-0.3, -0.25) is 9.72 Å². The lowest BCUT2D eigenvalue weighted by molar-refractivity contribution is 0.171. The lowest BCUT2D eigenvalue weighted by Gasteiger charge is -2.33. The van der Waals surface area contributed by atoms with Crippen molar-refractivity contribution in [3.63, 3.8) is 0 Å². The van der Waals surface area contributed by atoms with E-state index in [9.17, 15) is 4.79 Å². The van der Waals surface area contributed by atoms with Crippen LogP contribution in [0, 0.1) is 10.8 Å². The second-order valence-corrected chi connectivity index (χ2v) is 15.7. The number of piperidine rings is 1. The summed E-state index contributed by atoms with van der Waals surface area (Å²) in [7, 11) is 4.03. The molecule has 3 heterocycles. The van der Waals surface area contributed by atoms with Crippen LogP contribution in [0.1, 0.15) is 90.0 Å². The van der Waals surface area contributed by atoms with Crippen molar-refractivity contribution < 1.29 is 14.3 Å². The number of anilines is 2. The lowest BCUT2D eigenvalue weighted by Crippen LogP contribution is -2.41.